The van der Waals surface area contributed by atoms with Crippen LogP contribution in [-0.4, -0.2) is 6.61 Å². The average Bonchev–Trinajstić information content (AvgIpc) is 2.41. The van der Waals surface area contributed by atoms with Crippen molar-refractivity contribution in [2.75, 3.05) is 12.3 Å². The lowest BCUT2D eigenvalue weighted by molar-refractivity contribution is 0.286. The summed E-state index contributed by atoms with van der Waals surface area (Å²) in [5.41, 5.74) is 7.47. The SMILES string of the molecule is CCOc1ccc(N)cc1COc1ccc(I)cc1. The summed E-state index contributed by atoms with van der Waals surface area (Å²) >= 11 is 2.26. The highest BCUT2D eigenvalue weighted by molar-refractivity contribution is 14.1. The third kappa shape index (κ3) is 4.02. The van der Waals surface area contributed by atoms with Crippen LogP contribution in [0.4, 0.5) is 5.69 Å². The fraction of sp³-hybridized carbons (Fsp3) is 0.200. The Morgan fingerprint density at radius 3 is 2.47 bits per heavy atom. The second-order valence-electron chi connectivity index (χ2n) is 4.04. The van der Waals surface area contributed by atoms with E-state index < -0.39 is 0 Å². The Bertz CT molecular complexity index is 540. The summed E-state index contributed by atoms with van der Waals surface area (Å²) in [6.45, 7) is 3.03. The van der Waals surface area contributed by atoms with E-state index in [1.807, 2.05) is 49.4 Å². The molecule has 0 spiro atoms. The van der Waals surface area contributed by atoms with Crippen LogP contribution in [0.3, 0.4) is 0 Å². The van der Waals surface area contributed by atoms with Gasteiger partial charge in [0, 0.05) is 14.8 Å². The van der Waals surface area contributed by atoms with Gasteiger partial charge in [-0.15, -0.1) is 0 Å². The predicted octanol–water partition coefficient (Wildman–Crippen LogP) is 3.85. The minimum Gasteiger partial charge on any atom is -0.493 e. The van der Waals surface area contributed by atoms with Crippen LogP contribution in [-0.2, 0) is 6.61 Å². The summed E-state index contributed by atoms with van der Waals surface area (Å²) in [6.07, 6.45) is 0. The molecule has 0 aromatic heterocycles. The Morgan fingerprint density at radius 2 is 1.79 bits per heavy atom. The summed E-state index contributed by atoms with van der Waals surface area (Å²) in [4.78, 5) is 0. The lowest BCUT2D eigenvalue weighted by Gasteiger charge is -2.12. The van der Waals surface area contributed by atoms with Crippen LogP contribution in [0.1, 0.15) is 12.5 Å². The maximum atomic E-state index is 5.80. The molecule has 0 radical (unpaired) electrons. The topological polar surface area (TPSA) is 44.5 Å². The molecule has 0 aliphatic rings. The smallest absolute Gasteiger partial charge is 0.126 e. The second-order valence-corrected chi connectivity index (χ2v) is 5.29. The third-order valence-corrected chi connectivity index (χ3v) is 3.31. The minimum absolute atomic E-state index is 0.445. The van der Waals surface area contributed by atoms with Gasteiger partial charge in [0.1, 0.15) is 18.1 Å². The zero-order valence-corrected chi connectivity index (χ0v) is 12.9. The van der Waals surface area contributed by atoms with Crippen LogP contribution in [0.15, 0.2) is 42.5 Å². The van der Waals surface area contributed by atoms with Crippen LogP contribution in [0.25, 0.3) is 0 Å². The van der Waals surface area contributed by atoms with Crippen molar-refractivity contribution in [2.45, 2.75) is 13.5 Å². The quantitative estimate of drug-likeness (QED) is 0.643. The highest BCUT2D eigenvalue weighted by atomic mass is 127. The minimum atomic E-state index is 0.445. The molecule has 2 rings (SSSR count). The average molecular weight is 369 g/mol. The molecule has 0 saturated carbocycles. The maximum absolute atomic E-state index is 5.80. The lowest BCUT2D eigenvalue weighted by atomic mass is 10.2. The van der Waals surface area contributed by atoms with Gasteiger partial charge in [-0.2, -0.15) is 0 Å². The third-order valence-electron chi connectivity index (χ3n) is 2.59. The first kappa shape index (κ1) is 14.0. The molecule has 0 unspecified atom stereocenters. The molecule has 0 amide bonds. The van der Waals surface area contributed by atoms with Gasteiger partial charge >= 0.3 is 0 Å². The molecule has 100 valence electrons. The lowest BCUT2D eigenvalue weighted by Crippen LogP contribution is -2.02. The first-order valence-corrected chi connectivity index (χ1v) is 7.16. The molecule has 0 saturated heterocycles. The standard InChI is InChI=1S/C15H16INO2/c1-2-18-15-8-5-13(17)9-11(15)10-19-14-6-3-12(16)4-7-14/h3-9H,2,10,17H2,1H3. The largest absolute Gasteiger partial charge is 0.493 e. The van der Waals surface area contributed by atoms with Gasteiger partial charge in [-0.3, -0.25) is 0 Å². The number of benzene rings is 2. The number of anilines is 1. The van der Waals surface area contributed by atoms with Crippen molar-refractivity contribution in [3.63, 3.8) is 0 Å². The van der Waals surface area contributed by atoms with E-state index in [9.17, 15) is 0 Å². The van der Waals surface area contributed by atoms with Crippen LogP contribution in [0.5, 0.6) is 11.5 Å². The number of nitrogen functional groups attached to an aromatic ring is 1. The van der Waals surface area contributed by atoms with Crippen molar-refractivity contribution in [2.24, 2.45) is 0 Å². The van der Waals surface area contributed by atoms with E-state index >= 15 is 0 Å². The Morgan fingerprint density at radius 1 is 1.05 bits per heavy atom. The normalized spacial score (nSPS) is 10.2. The molecule has 0 bridgehead atoms. The van der Waals surface area contributed by atoms with Crippen LogP contribution >= 0.6 is 22.6 Å². The first-order chi connectivity index (χ1) is 9.19. The van der Waals surface area contributed by atoms with Crippen molar-refractivity contribution in [3.05, 3.63) is 51.6 Å². The maximum Gasteiger partial charge on any atom is 0.126 e. The molecule has 19 heavy (non-hydrogen) atoms. The Hall–Kier alpha value is -1.43. The number of hydrogen-bond acceptors (Lipinski definition) is 3. The summed E-state index contributed by atoms with van der Waals surface area (Å²) in [5, 5.41) is 0. The number of hydrogen-bond donors (Lipinski definition) is 1. The van der Waals surface area contributed by atoms with Crippen molar-refractivity contribution >= 4 is 28.3 Å². The number of ether oxygens (including phenoxy) is 2. The van der Waals surface area contributed by atoms with Gasteiger partial charge in [0.2, 0.25) is 0 Å². The van der Waals surface area contributed by atoms with Gasteiger partial charge in [-0.05, 0) is 72.0 Å². The molecule has 0 aliphatic heterocycles. The van der Waals surface area contributed by atoms with Gasteiger partial charge in [-0.1, -0.05) is 0 Å². The fourth-order valence-electron chi connectivity index (χ4n) is 1.70. The van der Waals surface area contributed by atoms with Crippen molar-refractivity contribution in [1.82, 2.24) is 0 Å². The summed E-state index contributed by atoms with van der Waals surface area (Å²) in [6, 6.07) is 13.5. The van der Waals surface area contributed by atoms with E-state index in [4.69, 9.17) is 15.2 Å². The van der Waals surface area contributed by atoms with E-state index in [0.29, 0.717) is 18.9 Å². The molecule has 0 heterocycles. The Labute approximate surface area is 126 Å². The molecule has 0 aliphatic carbocycles. The first-order valence-electron chi connectivity index (χ1n) is 6.08. The molecular weight excluding hydrogens is 353 g/mol. The van der Waals surface area contributed by atoms with E-state index in [0.717, 1.165) is 17.1 Å². The molecule has 3 nitrogen and oxygen atoms in total. The summed E-state index contributed by atoms with van der Waals surface area (Å²) < 4.78 is 12.5. The van der Waals surface area contributed by atoms with Gasteiger partial charge in [0.05, 0.1) is 6.61 Å². The van der Waals surface area contributed by atoms with E-state index in [1.165, 1.54) is 3.57 Å². The van der Waals surface area contributed by atoms with Gasteiger partial charge < -0.3 is 15.2 Å². The van der Waals surface area contributed by atoms with E-state index in [-0.39, 0.29) is 0 Å². The van der Waals surface area contributed by atoms with Crippen LogP contribution < -0.4 is 15.2 Å². The van der Waals surface area contributed by atoms with E-state index in [1.54, 1.807) is 0 Å². The molecule has 0 atom stereocenters. The number of nitrogens with two attached hydrogens (primary N) is 1. The Kier molecular flexibility index (Phi) is 4.90. The fourth-order valence-corrected chi connectivity index (χ4v) is 2.06. The second kappa shape index (κ2) is 6.65. The zero-order valence-electron chi connectivity index (χ0n) is 10.7. The molecular formula is C15H16INO2. The molecule has 2 aromatic rings. The van der Waals surface area contributed by atoms with Crippen LogP contribution in [0, 0.1) is 3.57 Å². The van der Waals surface area contributed by atoms with Crippen molar-refractivity contribution < 1.29 is 9.47 Å². The zero-order chi connectivity index (χ0) is 13.7. The number of halogens is 1. The van der Waals surface area contributed by atoms with Gasteiger partial charge in [-0.25, -0.2) is 0 Å². The molecule has 4 heteroatoms. The van der Waals surface area contributed by atoms with E-state index in [2.05, 4.69) is 22.6 Å². The Balaban J connectivity index is 2.09. The predicted molar refractivity (Wildman–Crippen MR) is 85.5 cm³/mol. The monoisotopic (exact) mass is 369 g/mol. The molecule has 2 aromatic carbocycles. The van der Waals surface area contributed by atoms with Crippen molar-refractivity contribution in [1.29, 1.82) is 0 Å². The highest BCUT2D eigenvalue weighted by Crippen LogP contribution is 2.23. The number of rotatable bonds is 5. The van der Waals surface area contributed by atoms with Crippen LogP contribution in [0.2, 0.25) is 0 Å². The molecule has 2 N–H and O–H groups in total. The molecule has 0 fully saturated rings. The summed E-state index contributed by atoms with van der Waals surface area (Å²) in [7, 11) is 0. The highest BCUT2D eigenvalue weighted by Gasteiger charge is 2.05. The van der Waals surface area contributed by atoms with Gasteiger partial charge in [0.15, 0.2) is 0 Å². The summed E-state index contributed by atoms with van der Waals surface area (Å²) in [5.74, 6) is 1.66. The van der Waals surface area contributed by atoms with Gasteiger partial charge in [0.25, 0.3) is 0 Å². The van der Waals surface area contributed by atoms with Crippen molar-refractivity contribution in [3.8, 4) is 11.5 Å².